The quantitative estimate of drug-likeness (QED) is 0.718. The molecule has 0 spiro atoms. The third kappa shape index (κ3) is 2.27. The van der Waals surface area contributed by atoms with Gasteiger partial charge in [-0.15, -0.1) is 0 Å². The molecule has 0 bridgehead atoms. The van der Waals surface area contributed by atoms with Gasteiger partial charge in [0.25, 0.3) is 0 Å². The molecule has 1 unspecified atom stereocenters. The predicted molar refractivity (Wildman–Crippen MR) is 56.1 cm³/mol. The lowest BCUT2D eigenvalue weighted by Gasteiger charge is -2.42. The molecule has 14 heavy (non-hydrogen) atoms. The Morgan fingerprint density at radius 1 is 1.29 bits per heavy atom. The van der Waals surface area contributed by atoms with Crippen molar-refractivity contribution in [2.75, 3.05) is 13.1 Å². The van der Waals surface area contributed by atoms with Crippen LogP contribution in [0.15, 0.2) is 0 Å². The standard InChI is InChI=1S/C11H20N2O/c1-9(14)12-10-4-3-7-13(8-10)11-5-2-6-11/h10-11H,2-8H2,1H3,(H,12,14). The van der Waals surface area contributed by atoms with Crippen molar-refractivity contribution in [2.45, 2.75) is 51.1 Å². The first kappa shape index (κ1) is 9.97. The fraction of sp³-hybridized carbons (Fsp3) is 0.909. The number of amides is 1. The van der Waals surface area contributed by atoms with E-state index in [0.717, 1.165) is 19.0 Å². The average Bonchev–Trinajstić information content (AvgIpc) is 1.99. The van der Waals surface area contributed by atoms with Gasteiger partial charge in [0, 0.05) is 25.6 Å². The van der Waals surface area contributed by atoms with Gasteiger partial charge in [-0.3, -0.25) is 9.69 Å². The molecule has 1 saturated heterocycles. The van der Waals surface area contributed by atoms with Crippen molar-refractivity contribution in [3.05, 3.63) is 0 Å². The zero-order valence-electron chi connectivity index (χ0n) is 8.96. The fourth-order valence-corrected chi connectivity index (χ4v) is 2.50. The summed E-state index contributed by atoms with van der Waals surface area (Å²) in [6, 6.07) is 1.23. The van der Waals surface area contributed by atoms with Gasteiger partial charge in [-0.05, 0) is 32.2 Å². The minimum Gasteiger partial charge on any atom is -0.352 e. The number of nitrogens with zero attached hydrogens (tertiary/aromatic N) is 1. The van der Waals surface area contributed by atoms with E-state index < -0.39 is 0 Å². The van der Waals surface area contributed by atoms with Crippen LogP contribution in [0.5, 0.6) is 0 Å². The smallest absolute Gasteiger partial charge is 0.217 e. The largest absolute Gasteiger partial charge is 0.352 e. The number of carbonyl (C=O) groups excluding carboxylic acids is 1. The molecule has 80 valence electrons. The Balaban J connectivity index is 1.80. The van der Waals surface area contributed by atoms with Gasteiger partial charge in [0.05, 0.1) is 0 Å². The minimum absolute atomic E-state index is 0.116. The van der Waals surface area contributed by atoms with Crippen LogP contribution >= 0.6 is 0 Å². The fourth-order valence-electron chi connectivity index (χ4n) is 2.50. The predicted octanol–water partition coefficient (Wildman–Crippen LogP) is 1.14. The van der Waals surface area contributed by atoms with Gasteiger partial charge in [0.1, 0.15) is 0 Å². The highest BCUT2D eigenvalue weighted by molar-refractivity contribution is 5.73. The molecule has 1 atom stereocenters. The van der Waals surface area contributed by atoms with Crippen molar-refractivity contribution in [1.29, 1.82) is 0 Å². The molecule has 1 aliphatic heterocycles. The van der Waals surface area contributed by atoms with Gasteiger partial charge in [-0.1, -0.05) is 6.42 Å². The zero-order valence-corrected chi connectivity index (χ0v) is 8.96. The van der Waals surface area contributed by atoms with E-state index in [1.54, 1.807) is 6.92 Å². The Bertz CT molecular complexity index is 213. The molecule has 1 aliphatic carbocycles. The van der Waals surface area contributed by atoms with Crippen LogP contribution in [0.3, 0.4) is 0 Å². The van der Waals surface area contributed by atoms with Gasteiger partial charge < -0.3 is 5.32 Å². The summed E-state index contributed by atoms with van der Waals surface area (Å²) in [6.45, 7) is 3.92. The van der Waals surface area contributed by atoms with Crippen molar-refractivity contribution in [3.63, 3.8) is 0 Å². The molecule has 1 N–H and O–H groups in total. The molecule has 1 saturated carbocycles. The van der Waals surface area contributed by atoms with Gasteiger partial charge in [-0.2, -0.15) is 0 Å². The van der Waals surface area contributed by atoms with E-state index in [2.05, 4.69) is 10.2 Å². The number of piperidine rings is 1. The van der Waals surface area contributed by atoms with Crippen molar-refractivity contribution < 1.29 is 4.79 Å². The highest BCUT2D eigenvalue weighted by Crippen LogP contribution is 2.27. The van der Waals surface area contributed by atoms with E-state index in [1.807, 2.05) is 0 Å². The highest BCUT2D eigenvalue weighted by Gasteiger charge is 2.29. The molecule has 1 heterocycles. The first-order valence-electron chi connectivity index (χ1n) is 5.77. The van der Waals surface area contributed by atoms with Crippen molar-refractivity contribution in [3.8, 4) is 0 Å². The molecular weight excluding hydrogens is 176 g/mol. The van der Waals surface area contributed by atoms with Crippen molar-refractivity contribution in [1.82, 2.24) is 10.2 Å². The summed E-state index contributed by atoms with van der Waals surface area (Å²) < 4.78 is 0. The highest BCUT2D eigenvalue weighted by atomic mass is 16.1. The lowest BCUT2D eigenvalue weighted by atomic mass is 9.89. The lowest BCUT2D eigenvalue weighted by Crippen LogP contribution is -2.52. The summed E-state index contributed by atoms with van der Waals surface area (Å²) in [5, 5.41) is 3.03. The van der Waals surface area contributed by atoms with Crippen LogP contribution in [0.4, 0.5) is 0 Å². The Hall–Kier alpha value is -0.570. The molecule has 0 radical (unpaired) electrons. The van der Waals surface area contributed by atoms with E-state index in [0.29, 0.717) is 6.04 Å². The first-order valence-corrected chi connectivity index (χ1v) is 5.77. The van der Waals surface area contributed by atoms with Gasteiger partial charge in [0.2, 0.25) is 5.91 Å². The molecule has 2 rings (SSSR count). The Labute approximate surface area is 85.8 Å². The van der Waals surface area contributed by atoms with Gasteiger partial charge >= 0.3 is 0 Å². The lowest BCUT2D eigenvalue weighted by molar-refractivity contribution is -0.120. The van der Waals surface area contributed by atoms with E-state index in [-0.39, 0.29) is 5.91 Å². The number of rotatable bonds is 2. The monoisotopic (exact) mass is 196 g/mol. The van der Waals surface area contributed by atoms with Crippen LogP contribution in [0.25, 0.3) is 0 Å². The van der Waals surface area contributed by atoms with E-state index in [9.17, 15) is 4.79 Å². The zero-order chi connectivity index (χ0) is 9.97. The average molecular weight is 196 g/mol. The van der Waals surface area contributed by atoms with Gasteiger partial charge in [0.15, 0.2) is 0 Å². The summed E-state index contributed by atoms with van der Waals surface area (Å²) in [4.78, 5) is 13.5. The van der Waals surface area contributed by atoms with Crippen LogP contribution in [0, 0.1) is 0 Å². The second-order valence-electron chi connectivity index (χ2n) is 4.62. The normalized spacial score (nSPS) is 29.6. The third-order valence-electron chi connectivity index (χ3n) is 3.45. The maximum Gasteiger partial charge on any atom is 0.217 e. The summed E-state index contributed by atoms with van der Waals surface area (Å²) in [7, 11) is 0. The van der Waals surface area contributed by atoms with Crippen molar-refractivity contribution >= 4 is 5.91 Å². The topological polar surface area (TPSA) is 32.3 Å². The Kier molecular flexibility index (Phi) is 3.06. The number of hydrogen-bond donors (Lipinski definition) is 1. The molecule has 3 nitrogen and oxygen atoms in total. The maximum absolute atomic E-state index is 10.9. The second-order valence-corrected chi connectivity index (χ2v) is 4.62. The maximum atomic E-state index is 10.9. The first-order chi connectivity index (χ1) is 6.75. The molecule has 0 aromatic carbocycles. The minimum atomic E-state index is 0.116. The molecule has 0 aromatic heterocycles. The summed E-state index contributed by atoms with van der Waals surface area (Å²) in [5.74, 6) is 0.116. The molecule has 3 heteroatoms. The SMILES string of the molecule is CC(=O)NC1CCCN(C2CCC2)C1. The summed E-state index contributed by atoms with van der Waals surface area (Å²) >= 11 is 0. The summed E-state index contributed by atoms with van der Waals surface area (Å²) in [6.07, 6.45) is 6.52. The van der Waals surface area contributed by atoms with Crippen LogP contribution < -0.4 is 5.32 Å². The van der Waals surface area contributed by atoms with Crippen LogP contribution in [0.1, 0.15) is 39.0 Å². The van der Waals surface area contributed by atoms with Crippen molar-refractivity contribution in [2.24, 2.45) is 0 Å². The van der Waals surface area contributed by atoms with E-state index in [4.69, 9.17) is 0 Å². The summed E-state index contributed by atoms with van der Waals surface area (Å²) in [5.41, 5.74) is 0. The van der Waals surface area contributed by atoms with E-state index in [1.165, 1.54) is 32.2 Å². The Morgan fingerprint density at radius 2 is 2.07 bits per heavy atom. The number of likely N-dealkylation sites (tertiary alicyclic amines) is 1. The van der Waals surface area contributed by atoms with Crippen LogP contribution in [0.2, 0.25) is 0 Å². The van der Waals surface area contributed by atoms with Gasteiger partial charge in [-0.25, -0.2) is 0 Å². The molecule has 2 fully saturated rings. The van der Waals surface area contributed by atoms with Crippen LogP contribution in [-0.2, 0) is 4.79 Å². The number of nitrogens with one attached hydrogen (secondary N) is 1. The van der Waals surface area contributed by atoms with E-state index >= 15 is 0 Å². The number of hydrogen-bond acceptors (Lipinski definition) is 2. The third-order valence-corrected chi connectivity index (χ3v) is 3.45. The molecular formula is C11H20N2O. The number of carbonyl (C=O) groups is 1. The Morgan fingerprint density at radius 3 is 2.64 bits per heavy atom. The molecule has 0 aromatic rings. The second kappa shape index (κ2) is 4.30. The molecule has 1 amide bonds. The van der Waals surface area contributed by atoms with Crippen LogP contribution in [-0.4, -0.2) is 36.0 Å². The molecule has 2 aliphatic rings.